The lowest BCUT2D eigenvalue weighted by Crippen LogP contribution is -2.18. The van der Waals surface area contributed by atoms with Crippen molar-refractivity contribution in [2.75, 3.05) is 5.32 Å². The summed E-state index contributed by atoms with van der Waals surface area (Å²) in [5.41, 5.74) is 1.02. The molecule has 5 nitrogen and oxygen atoms in total. The zero-order valence-corrected chi connectivity index (χ0v) is 10.7. The Morgan fingerprint density at radius 2 is 2.44 bits per heavy atom. The molecule has 0 radical (unpaired) electrons. The molecule has 0 saturated carbocycles. The van der Waals surface area contributed by atoms with Gasteiger partial charge in [-0.25, -0.2) is 0 Å². The predicted molar refractivity (Wildman–Crippen MR) is 69.8 cm³/mol. The molecule has 1 N–H and O–H groups in total. The lowest BCUT2D eigenvalue weighted by atomic mass is 10.1. The Kier molecular flexibility index (Phi) is 2.71. The molecule has 0 spiro atoms. The van der Waals surface area contributed by atoms with Gasteiger partial charge in [0.1, 0.15) is 5.82 Å². The smallest absolute Gasteiger partial charge is 0.272 e. The zero-order chi connectivity index (χ0) is 12.5. The van der Waals surface area contributed by atoms with Crippen LogP contribution in [0.25, 0.3) is 0 Å². The van der Waals surface area contributed by atoms with Crippen LogP contribution in [0.4, 0.5) is 5.95 Å². The number of thiophene rings is 1. The number of hydrogen-bond donors (Lipinski definition) is 1. The molecular formula is C12H12N4OS. The number of hydrogen-bond acceptors (Lipinski definition) is 5. The highest BCUT2D eigenvalue weighted by Gasteiger charge is 2.19. The van der Waals surface area contributed by atoms with E-state index in [1.165, 1.54) is 9.56 Å². The number of rotatable bonds is 3. The average Bonchev–Trinajstić information content (AvgIpc) is 2.93. The van der Waals surface area contributed by atoms with Crippen molar-refractivity contribution in [1.82, 2.24) is 14.8 Å². The summed E-state index contributed by atoms with van der Waals surface area (Å²) >= 11 is 1.68. The molecule has 0 bridgehead atoms. The van der Waals surface area contributed by atoms with E-state index in [1.807, 2.05) is 24.4 Å². The van der Waals surface area contributed by atoms with Crippen molar-refractivity contribution in [3.8, 4) is 0 Å². The van der Waals surface area contributed by atoms with Gasteiger partial charge in [0.2, 0.25) is 5.95 Å². The van der Waals surface area contributed by atoms with Crippen molar-refractivity contribution in [2.45, 2.75) is 19.9 Å². The molecule has 1 aliphatic rings. The maximum atomic E-state index is 11.7. The summed E-state index contributed by atoms with van der Waals surface area (Å²) in [7, 11) is 0. The van der Waals surface area contributed by atoms with E-state index in [0.29, 0.717) is 24.7 Å². The lowest BCUT2D eigenvalue weighted by Gasteiger charge is -2.07. The number of nitrogens with zero attached hydrogens (tertiary/aromatic N) is 3. The Morgan fingerprint density at radius 3 is 3.22 bits per heavy atom. The standard InChI is InChI=1S/C12H12N4OS/c1-8-5-10-14-12(15-16(10)11(17)6-8)13-7-9-3-2-4-18-9/h2-4,6H,5,7H2,1H3,(H,13,15). The minimum Gasteiger partial charge on any atom is -0.348 e. The van der Waals surface area contributed by atoms with Crippen molar-refractivity contribution in [2.24, 2.45) is 0 Å². The van der Waals surface area contributed by atoms with Crippen LogP contribution in [-0.4, -0.2) is 20.7 Å². The molecule has 2 aromatic rings. The summed E-state index contributed by atoms with van der Waals surface area (Å²) in [6, 6.07) is 4.05. The molecule has 0 atom stereocenters. The highest BCUT2D eigenvalue weighted by Crippen LogP contribution is 2.16. The maximum Gasteiger partial charge on any atom is 0.272 e. The molecule has 1 aliphatic heterocycles. The summed E-state index contributed by atoms with van der Waals surface area (Å²) < 4.78 is 1.36. The van der Waals surface area contributed by atoms with Crippen molar-refractivity contribution in [1.29, 1.82) is 0 Å². The molecule has 3 rings (SSSR count). The van der Waals surface area contributed by atoms with Gasteiger partial charge in [0.25, 0.3) is 5.91 Å². The summed E-state index contributed by atoms with van der Waals surface area (Å²) in [4.78, 5) is 17.2. The van der Waals surface area contributed by atoms with Crippen LogP contribution in [0.3, 0.4) is 0 Å². The van der Waals surface area contributed by atoms with Crippen LogP contribution in [0.15, 0.2) is 29.2 Å². The third kappa shape index (κ3) is 2.06. The number of anilines is 1. The van der Waals surface area contributed by atoms with Crippen molar-refractivity contribution < 1.29 is 4.79 Å². The van der Waals surface area contributed by atoms with E-state index in [1.54, 1.807) is 17.4 Å². The van der Waals surface area contributed by atoms with Crippen molar-refractivity contribution in [3.63, 3.8) is 0 Å². The maximum absolute atomic E-state index is 11.7. The summed E-state index contributed by atoms with van der Waals surface area (Å²) in [6.07, 6.45) is 2.28. The van der Waals surface area contributed by atoms with E-state index in [2.05, 4.69) is 15.4 Å². The highest BCUT2D eigenvalue weighted by molar-refractivity contribution is 7.09. The molecule has 0 aliphatic carbocycles. The molecule has 92 valence electrons. The van der Waals surface area contributed by atoms with Gasteiger partial charge in [-0.05, 0) is 18.4 Å². The molecule has 6 heteroatoms. The SMILES string of the molecule is CC1=CC(=O)n2nc(NCc3cccs3)nc2C1. The van der Waals surface area contributed by atoms with Crippen LogP contribution < -0.4 is 5.32 Å². The van der Waals surface area contributed by atoms with Gasteiger partial charge >= 0.3 is 0 Å². The van der Waals surface area contributed by atoms with Crippen molar-refractivity contribution >= 4 is 23.2 Å². The third-order valence-corrected chi connectivity index (χ3v) is 3.57. The fraction of sp³-hybridized carbons (Fsp3) is 0.250. The molecule has 0 unspecified atom stereocenters. The van der Waals surface area contributed by atoms with Gasteiger partial charge in [0.05, 0.1) is 6.54 Å². The average molecular weight is 260 g/mol. The van der Waals surface area contributed by atoms with Crippen LogP contribution in [0, 0.1) is 0 Å². The number of aromatic nitrogens is 3. The molecule has 18 heavy (non-hydrogen) atoms. The second-order valence-corrected chi connectivity index (χ2v) is 5.23. The Hall–Kier alpha value is -1.95. The van der Waals surface area contributed by atoms with E-state index < -0.39 is 0 Å². The summed E-state index contributed by atoms with van der Waals surface area (Å²) in [5, 5.41) is 9.33. The largest absolute Gasteiger partial charge is 0.348 e. The molecule has 0 amide bonds. The monoisotopic (exact) mass is 260 g/mol. The second kappa shape index (κ2) is 4.38. The van der Waals surface area contributed by atoms with Crippen LogP contribution in [0.5, 0.6) is 0 Å². The second-order valence-electron chi connectivity index (χ2n) is 4.20. The summed E-state index contributed by atoms with van der Waals surface area (Å²) in [6.45, 7) is 2.61. The Labute approximate surface area is 108 Å². The normalized spacial score (nSPS) is 14.3. The number of nitrogens with one attached hydrogen (secondary N) is 1. The van der Waals surface area contributed by atoms with E-state index in [9.17, 15) is 4.79 Å². The van der Waals surface area contributed by atoms with Gasteiger partial charge < -0.3 is 5.32 Å². The fourth-order valence-electron chi connectivity index (χ4n) is 1.86. The molecule has 0 saturated heterocycles. The van der Waals surface area contributed by atoms with Gasteiger partial charge in [-0.2, -0.15) is 9.67 Å². The van der Waals surface area contributed by atoms with Crippen LogP contribution in [0.2, 0.25) is 0 Å². The highest BCUT2D eigenvalue weighted by atomic mass is 32.1. The lowest BCUT2D eigenvalue weighted by molar-refractivity contribution is 0.0945. The topological polar surface area (TPSA) is 59.8 Å². The quantitative estimate of drug-likeness (QED) is 0.918. The van der Waals surface area contributed by atoms with Gasteiger partial charge in [0.15, 0.2) is 0 Å². The Balaban J connectivity index is 1.76. The van der Waals surface area contributed by atoms with E-state index in [0.717, 1.165) is 5.57 Å². The van der Waals surface area contributed by atoms with Crippen LogP contribution in [-0.2, 0) is 13.0 Å². The van der Waals surface area contributed by atoms with Gasteiger partial charge in [-0.3, -0.25) is 4.79 Å². The molecule has 0 aromatic carbocycles. The van der Waals surface area contributed by atoms with E-state index >= 15 is 0 Å². The Morgan fingerprint density at radius 1 is 1.56 bits per heavy atom. The molecule has 3 heterocycles. The number of allylic oxidation sites excluding steroid dienone is 2. The summed E-state index contributed by atoms with van der Waals surface area (Å²) in [5.74, 6) is 1.09. The first-order chi connectivity index (χ1) is 8.72. The first-order valence-corrected chi connectivity index (χ1v) is 6.54. The minimum atomic E-state index is -0.120. The number of fused-ring (bicyclic) bond motifs is 1. The molecule has 0 fully saturated rings. The fourth-order valence-corrected chi connectivity index (χ4v) is 2.51. The third-order valence-electron chi connectivity index (χ3n) is 2.69. The van der Waals surface area contributed by atoms with Gasteiger partial charge in [0, 0.05) is 17.4 Å². The van der Waals surface area contributed by atoms with Crippen LogP contribution >= 0.6 is 11.3 Å². The molecule has 2 aromatic heterocycles. The van der Waals surface area contributed by atoms with Gasteiger partial charge in [-0.15, -0.1) is 16.4 Å². The Bertz CT molecular complexity index is 612. The van der Waals surface area contributed by atoms with E-state index in [-0.39, 0.29) is 5.91 Å². The molecular weight excluding hydrogens is 248 g/mol. The van der Waals surface area contributed by atoms with Crippen molar-refractivity contribution in [3.05, 3.63) is 39.9 Å². The predicted octanol–water partition coefficient (Wildman–Crippen LogP) is 2.09. The number of carbonyl (C=O) groups is 1. The first-order valence-electron chi connectivity index (χ1n) is 5.66. The first kappa shape index (κ1) is 11.2. The number of carbonyl (C=O) groups excluding carboxylic acids is 1. The van der Waals surface area contributed by atoms with Crippen LogP contribution in [0.1, 0.15) is 22.4 Å². The minimum absolute atomic E-state index is 0.120. The van der Waals surface area contributed by atoms with E-state index in [4.69, 9.17) is 0 Å². The zero-order valence-electron chi connectivity index (χ0n) is 9.88. The van der Waals surface area contributed by atoms with Gasteiger partial charge in [-0.1, -0.05) is 11.6 Å².